The molecule has 4 heteroatoms. The van der Waals surface area contributed by atoms with Crippen molar-refractivity contribution in [2.75, 3.05) is 6.61 Å². The van der Waals surface area contributed by atoms with Crippen LogP contribution in [0.1, 0.15) is 50.2 Å². The van der Waals surface area contributed by atoms with E-state index in [1.807, 2.05) is 0 Å². The maximum atomic E-state index is 8.69. The number of nitrogens with zero attached hydrogens (tertiary/aromatic N) is 2. The summed E-state index contributed by atoms with van der Waals surface area (Å²) in [4.78, 5) is 4.38. The summed E-state index contributed by atoms with van der Waals surface area (Å²) in [6, 6.07) is 0. The molecule has 84 valence electrons. The topological polar surface area (TPSA) is 59.2 Å². The number of aryl methyl sites for hydroxylation is 1. The summed E-state index contributed by atoms with van der Waals surface area (Å²) in [6.45, 7) is 2.45. The minimum atomic E-state index is 0.179. The van der Waals surface area contributed by atoms with Gasteiger partial charge in [-0.2, -0.15) is 4.98 Å². The van der Waals surface area contributed by atoms with Gasteiger partial charge >= 0.3 is 0 Å². The van der Waals surface area contributed by atoms with Gasteiger partial charge in [0, 0.05) is 18.9 Å². The lowest BCUT2D eigenvalue weighted by Gasteiger charge is -2.01. The van der Waals surface area contributed by atoms with Crippen molar-refractivity contribution >= 4 is 0 Å². The Morgan fingerprint density at radius 1 is 1.47 bits per heavy atom. The number of hydrogen-bond acceptors (Lipinski definition) is 4. The van der Waals surface area contributed by atoms with Crippen LogP contribution in [0.2, 0.25) is 0 Å². The van der Waals surface area contributed by atoms with Gasteiger partial charge in [0.25, 0.3) is 0 Å². The van der Waals surface area contributed by atoms with Gasteiger partial charge < -0.3 is 9.63 Å². The van der Waals surface area contributed by atoms with E-state index in [1.165, 1.54) is 19.3 Å². The number of aromatic nitrogens is 2. The van der Waals surface area contributed by atoms with Crippen molar-refractivity contribution < 1.29 is 9.63 Å². The summed E-state index contributed by atoms with van der Waals surface area (Å²) in [5.74, 6) is 2.81. The van der Waals surface area contributed by atoms with Gasteiger partial charge in [-0.3, -0.25) is 0 Å². The van der Waals surface area contributed by atoms with E-state index in [1.54, 1.807) is 0 Å². The van der Waals surface area contributed by atoms with Crippen molar-refractivity contribution in [3.63, 3.8) is 0 Å². The molecular formula is C11H18N2O2. The van der Waals surface area contributed by atoms with Crippen LogP contribution in [0.25, 0.3) is 0 Å². The highest BCUT2D eigenvalue weighted by atomic mass is 16.5. The lowest BCUT2D eigenvalue weighted by atomic mass is 10.1. The molecule has 2 atom stereocenters. The average molecular weight is 210 g/mol. The van der Waals surface area contributed by atoms with Gasteiger partial charge in [-0.25, -0.2) is 0 Å². The van der Waals surface area contributed by atoms with Crippen LogP contribution in [-0.2, 0) is 6.42 Å². The molecule has 0 bridgehead atoms. The Balaban J connectivity index is 1.94. The van der Waals surface area contributed by atoms with Gasteiger partial charge in [-0.15, -0.1) is 0 Å². The minimum absolute atomic E-state index is 0.179. The molecule has 4 nitrogen and oxygen atoms in total. The molecular weight excluding hydrogens is 192 g/mol. The third-order valence-corrected chi connectivity index (χ3v) is 3.09. The average Bonchev–Trinajstić information content (AvgIpc) is 2.83. The zero-order chi connectivity index (χ0) is 10.7. The second-order valence-corrected chi connectivity index (χ2v) is 4.49. The van der Waals surface area contributed by atoms with Crippen molar-refractivity contribution in [3.8, 4) is 0 Å². The van der Waals surface area contributed by atoms with E-state index >= 15 is 0 Å². The van der Waals surface area contributed by atoms with Gasteiger partial charge in [0.05, 0.1) is 0 Å². The first kappa shape index (κ1) is 10.6. The van der Waals surface area contributed by atoms with E-state index in [9.17, 15) is 0 Å². The quantitative estimate of drug-likeness (QED) is 0.824. The third kappa shape index (κ3) is 2.56. The predicted octanol–water partition coefficient (Wildman–Crippen LogP) is 1.90. The number of aliphatic hydroxyl groups excluding tert-OH is 1. The first-order valence-corrected chi connectivity index (χ1v) is 5.73. The monoisotopic (exact) mass is 210 g/mol. The molecule has 0 aromatic carbocycles. The molecule has 1 aromatic rings. The first-order valence-electron chi connectivity index (χ1n) is 5.73. The fourth-order valence-electron chi connectivity index (χ4n) is 2.21. The Kier molecular flexibility index (Phi) is 3.36. The van der Waals surface area contributed by atoms with Crippen LogP contribution in [0.15, 0.2) is 4.52 Å². The number of rotatable bonds is 4. The highest BCUT2D eigenvalue weighted by Crippen LogP contribution is 2.36. The number of hydrogen-bond donors (Lipinski definition) is 1. The predicted molar refractivity (Wildman–Crippen MR) is 55.5 cm³/mol. The molecule has 0 amide bonds. The smallest absolute Gasteiger partial charge is 0.226 e. The van der Waals surface area contributed by atoms with Crippen molar-refractivity contribution in [2.45, 2.75) is 44.9 Å². The minimum Gasteiger partial charge on any atom is -0.396 e. The molecule has 1 fully saturated rings. The summed E-state index contributed by atoms with van der Waals surface area (Å²) in [5.41, 5.74) is 0. The van der Waals surface area contributed by atoms with Gasteiger partial charge in [-0.05, 0) is 31.6 Å². The van der Waals surface area contributed by atoms with Crippen molar-refractivity contribution in [1.29, 1.82) is 0 Å². The lowest BCUT2D eigenvalue weighted by Crippen LogP contribution is -1.97. The van der Waals surface area contributed by atoms with E-state index < -0.39 is 0 Å². The van der Waals surface area contributed by atoms with E-state index in [0.29, 0.717) is 24.7 Å². The molecule has 1 heterocycles. The third-order valence-electron chi connectivity index (χ3n) is 3.09. The van der Waals surface area contributed by atoms with Crippen LogP contribution < -0.4 is 0 Å². The zero-order valence-corrected chi connectivity index (χ0v) is 9.15. The summed E-state index contributed by atoms with van der Waals surface area (Å²) >= 11 is 0. The van der Waals surface area contributed by atoms with Gasteiger partial charge in [0.2, 0.25) is 5.89 Å². The second kappa shape index (κ2) is 4.75. The SMILES string of the molecule is CC1CCC(c2noc(CCCO)n2)C1. The zero-order valence-electron chi connectivity index (χ0n) is 9.15. The fraction of sp³-hybridized carbons (Fsp3) is 0.818. The highest BCUT2D eigenvalue weighted by Gasteiger charge is 2.26. The molecule has 1 aliphatic carbocycles. The molecule has 0 saturated heterocycles. The number of aliphatic hydroxyl groups is 1. The Morgan fingerprint density at radius 2 is 2.33 bits per heavy atom. The van der Waals surface area contributed by atoms with Crippen LogP contribution in [0, 0.1) is 5.92 Å². The summed E-state index contributed by atoms with van der Waals surface area (Å²) in [7, 11) is 0. The molecule has 15 heavy (non-hydrogen) atoms. The van der Waals surface area contributed by atoms with Gasteiger partial charge in [0.15, 0.2) is 5.82 Å². The normalized spacial score (nSPS) is 26.0. The summed E-state index contributed by atoms with van der Waals surface area (Å²) in [6.07, 6.45) is 5.01. The Morgan fingerprint density at radius 3 is 3.00 bits per heavy atom. The van der Waals surface area contributed by atoms with Crippen LogP contribution in [0.3, 0.4) is 0 Å². The molecule has 0 aliphatic heterocycles. The Bertz CT molecular complexity index is 311. The molecule has 1 saturated carbocycles. The molecule has 2 unspecified atom stereocenters. The van der Waals surface area contributed by atoms with Gasteiger partial charge in [0.1, 0.15) is 0 Å². The van der Waals surface area contributed by atoms with E-state index in [4.69, 9.17) is 9.63 Å². The van der Waals surface area contributed by atoms with E-state index in [-0.39, 0.29) is 6.61 Å². The standard InChI is InChI=1S/C11H18N2O2/c1-8-4-5-9(7-8)11-12-10(15-13-11)3-2-6-14/h8-9,14H,2-7H2,1H3. The molecule has 1 aliphatic rings. The molecule has 1 N–H and O–H groups in total. The maximum Gasteiger partial charge on any atom is 0.226 e. The highest BCUT2D eigenvalue weighted by molar-refractivity contribution is 4.99. The first-order chi connectivity index (χ1) is 7.29. The van der Waals surface area contributed by atoms with E-state index in [2.05, 4.69) is 17.1 Å². The maximum absolute atomic E-state index is 8.69. The molecule has 2 rings (SSSR count). The van der Waals surface area contributed by atoms with Crippen molar-refractivity contribution in [1.82, 2.24) is 10.1 Å². The van der Waals surface area contributed by atoms with Crippen LogP contribution in [0.5, 0.6) is 0 Å². The van der Waals surface area contributed by atoms with E-state index in [0.717, 1.165) is 11.7 Å². The molecule has 0 spiro atoms. The summed E-state index contributed by atoms with van der Waals surface area (Å²) < 4.78 is 5.14. The Labute approximate surface area is 89.7 Å². The fourth-order valence-corrected chi connectivity index (χ4v) is 2.21. The van der Waals surface area contributed by atoms with Crippen LogP contribution in [-0.4, -0.2) is 21.9 Å². The Hall–Kier alpha value is -0.900. The molecule has 1 aromatic heterocycles. The van der Waals surface area contributed by atoms with Crippen molar-refractivity contribution in [2.24, 2.45) is 5.92 Å². The van der Waals surface area contributed by atoms with Crippen LogP contribution >= 0.6 is 0 Å². The van der Waals surface area contributed by atoms with Gasteiger partial charge in [-0.1, -0.05) is 12.1 Å². The largest absolute Gasteiger partial charge is 0.396 e. The lowest BCUT2D eigenvalue weighted by molar-refractivity contribution is 0.278. The summed E-state index contributed by atoms with van der Waals surface area (Å²) in [5, 5.41) is 12.7. The van der Waals surface area contributed by atoms with Crippen LogP contribution in [0.4, 0.5) is 0 Å². The van der Waals surface area contributed by atoms with Crippen molar-refractivity contribution in [3.05, 3.63) is 11.7 Å². The molecule has 0 radical (unpaired) electrons. The second-order valence-electron chi connectivity index (χ2n) is 4.49.